The number of halogens is 3. The second-order valence-corrected chi connectivity index (χ2v) is 4.16. The van der Waals surface area contributed by atoms with Crippen molar-refractivity contribution < 1.29 is 18.0 Å². The summed E-state index contributed by atoms with van der Waals surface area (Å²) in [6.07, 6.45) is -3.57. The summed E-state index contributed by atoms with van der Waals surface area (Å²) in [6.45, 7) is 0.934. The molecule has 0 aromatic carbocycles. The lowest BCUT2D eigenvalue weighted by molar-refractivity contribution is -0.145. The van der Waals surface area contributed by atoms with Crippen molar-refractivity contribution in [1.82, 2.24) is 15.1 Å². The zero-order chi connectivity index (χ0) is 12.9. The van der Waals surface area contributed by atoms with Crippen molar-refractivity contribution >= 4 is 5.91 Å². The second-order valence-electron chi connectivity index (χ2n) is 4.16. The number of nitrogens with one attached hydrogen (secondary N) is 1. The Morgan fingerprint density at radius 1 is 1.24 bits per heavy atom. The molecule has 0 aromatic heterocycles. The van der Waals surface area contributed by atoms with Gasteiger partial charge >= 0.3 is 6.18 Å². The van der Waals surface area contributed by atoms with Crippen LogP contribution in [0.2, 0.25) is 0 Å². The second kappa shape index (κ2) is 6.20. The molecular formula is C10H18F3N3O. The van der Waals surface area contributed by atoms with Gasteiger partial charge in [-0.15, -0.1) is 0 Å². The predicted molar refractivity (Wildman–Crippen MR) is 57.6 cm³/mol. The number of hydrogen-bond donors (Lipinski definition) is 1. The average molecular weight is 253 g/mol. The fourth-order valence-corrected chi connectivity index (χ4v) is 1.90. The van der Waals surface area contributed by atoms with Gasteiger partial charge in [0.1, 0.15) is 0 Å². The van der Waals surface area contributed by atoms with Crippen LogP contribution in [0.3, 0.4) is 0 Å². The summed E-state index contributed by atoms with van der Waals surface area (Å²) in [5.74, 6) is -0.0543. The van der Waals surface area contributed by atoms with Crippen LogP contribution in [-0.2, 0) is 4.79 Å². The van der Waals surface area contributed by atoms with Crippen LogP contribution in [-0.4, -0.2) is 68.2 Å². The Kier molecular flexibility index (Phi) is 5.20. The van der Waals surface area contributed by atoms with Gasteiger partial charge in [-0.3, -0.25) is 9.69 Å². The maximum Gasteiger partial charge on any atom is 0.401 e. The molecule has 7 heteroatoms. The van der Waals surface area contributed by atoms with E-state index in [2.05, 4.69) is 5.32 Å². The normalized spacial score (nSPS) is 19.2. The zero-order valence-electron chi connectivity index (χ0n) is 9.89. The molecule has 1 aliphatic rings. The molecule has 0 saturated carbocycles. The van der Waals surface area contributed by atoms with Gasteiger partial charge in [-0.1, -0.05) is 0 Å². The maximum atomic E-state index is 12.2. The van der Waals surface area contributed by atoms with Gasteiger partial charge < -0.3 is 10.2 Å². The summed E-state index contributed by atoms with van der Waals surface area (Å²) < 4.78 is 36.7. The number of carbonyl (C=O) groups excluding carboxylic acids is 1. The Labute approximate surface area is 98.7 Å². The fraction of sp³-hybridized carbons (Fsp3) is 0.900. The first kappa shape index (κ1) is 14.2. The minimum atomic E-state index is -4.16. The Balaban J connectivity index is 2.42. The van der Waals surface area contributed by atoms with Crippen LogP contribution >= 0.6 is 0 Å². The summed E-state index contributed by atoms with van der Waals surface area (Å²) in [5, 5.41) is 2.75. The number of carbonyl (C=O) groups is 1. The average Bonchev–Trinajstić information content (AvgIpc) is 2.41. The van der Waals surface area contributed by atoms with Crippen LogP contribution in [0.4, 0.5) is 13.2 Å². The molecule has 4 nitrogen and oxygen atoms in total. The molecule has 17 heavy (non-hydrogen) atoms. The van der Waals surface area contributed by atoms with E-state index in [-0.39, 0.29) is 19.0 Å². The van der Waals surface area contributed by atoms with Gasteiger partial charge in [-0.25, -0.2) is 0 Å². The van der Waals surface area contributed by atoms with Gasteiger partial charge in [0.25, 0.3) is 0 Å². The molecule has 1 heterocycles. The van der Waals surface area contributed by atoms with E-state index in [1.807, 2.05) is 0 Å². The van der Waals surface area contributed by atoms with Crippen molar-refractivity contribution in [1.29, 1.82) is 0 Å². The van der Waals surface area contributed by atoms with Gasteiger partial charge in [-0.2, -0.15) is 13.2 Å². The number of alkyl halides is 3. The number of likely N-dealkylation sites (N-methyl/N-ethyl adjacent to an activating group) is 1. The van der Waals surface area contributed by atoms with Gasteiger partial charge in [0.15, 0.2) is 0 Å². The van der Waals surface area contributed by atoms with E-state index in [0.29, 0.717) is 26.1 Å². The third-order valence-electron chi connectivity index (χ3n) is 2.67. The molecule has 0 aliphatic carbocycles. The SMILES string of the molecule is CNCC(=O)N1CCCN(CC(F)(F)F)CC1. The molecule has 100 valence electrons. The quantitative estimate of drug-likeness (QED) is 0.786. The molecule has 1 rings (SSSR count). The molecule has 0 spiro atoms. The standard InChI is InChI=1S/C10H18F3N3O/c1-14-7-9(17)16-4-2-3-15(5-6-16)8-10(11,12)13/h14H,2-8H2,1H3. The van der Waals surface area contributed by atoms with Crippen molar-refractivity contribution in [3.63, 3.8) is 0 Å². The summed E-state index contributed by atoms with van der Waals surface area (Å²) in [5.41, 5.74) is 0. The predicted octanol–water partition coefficient (Wildman–Crippen LogP) is 0.302. The molecule has 1 aliphatic heterocycles. The van der Waals surface area contributed by atoms with Crippen LogP contribution in [0, 0.1) is 0 Å². The van der Waals surface area contributed by atoms with Crippen LogP contribution < -0.4 is 5.32 Å². The molecular weight excluding hydrogens is 235 g/mol. The highest BCUT2D eigenvalue weighted by Crippen LogP contribution is 2.17. The fourth-order valence-electron chi connectivity index (χ4n) is 1.90. The molecule has 0 aromatic rings. The van der Waals surface area contributed by atoms with Crippen molar-refractivity contribution in [3.05, 3.63) is 0 Å². The largest absolute Gasteiger partial charge is 0.401 e. The van der Waals surface area contributed by atoms with Gasteiger partial charge in [0.05, 0.1) is 13.1 Å². The van der Waals surface area contributed by atoms with E-state index in [0.717, 1.165) is 0 Å². The smallest absolute Gasteiger partial charge is 0.340 e. The van der Waals surface area contributed by atoms with Crippen molar-refractivity contribution in [2.24, 2.45) is 0 Å². The number of nitrogens with zero attached hydrogens (tertiary/aromatic N) is 2. The van der Waals surface area contributed by atoms with Crippen LogP contribution in [0.25, 0.3) is 0 Å². The summed E-state index contributed by atoms with van der Waals surface area (Å²) in [7, 11) is 1.67. The van der Waals surface area contributed by atoms with E-state index in [1.165, 1.54) is 4.90 Å². The lowest BCUT2D eigenvalue weighted by Gasteiger charge is -2.22. The van der Waals surface area contributed by atoms with Crippen molar-refractivity contribution in [3.8, 4) is 0 Å². The highest BCUT2D eigenvalue weighted by Gasteiger charge is 2.31. The number of amides is 1. The topological polar surface area (TPSA) is 35.6 Å². The molecule has 0 unspecified atom stereocenters. The summed E-state index contributed by atoms with van der Waals surface area (Å²) >= 11 is 0. The minimum absolute atomic E-state index is 0.0543. The number of hydrogen-bond acceptors (Lipinski definition) is 3. The highest BCUT2D eigenvalue weighted by atomic mass is 19.4. The molecule has 0 bridgehead atoms. The third kappa shape index (κ3) is 5.36. The first-order chi connectivity index (χ1) is 7.92. The lowest BCUT2D eigenvalue weighted by Crippen LogP contribution is -2.41. The highest BCUT2D eigenvalue weighted by molar-refractivity contribution is 5.78. The number of rotatable bonds is 3. The van der Waals surface area contributed by atoms with E-state index in [9.17, 15) is 18.0 Å². The summed E-state index contributed by atoms with van der Waals surface area (Å²) in [4.78, 5) is 14.5. The van der Waals surface area contributed by atoms with E-state index in [4.69, 9.17) is 0 Å². The van der Waals surface area contributed by atoms with Crippen molar-refractivity contribution in [2.45, 2.75) is 12.6 Å². The van der Waals surface area contributed by atoms with E-state index >= 15 is 0 Å². The van der Waals surface area contributed by atoms with Gasteiger partial charge in [0.2, 0.25) is 5.91 Å². The first-order valence-electron chi connectivity index (χ1n) is 5.64. The van der Waals surface area contributed by atoms with E-state index < -0.39 is 12.7 Å². The minimum Gasteiger partial charge on any atom is -0.340 e. The third-order valence-corrected chi connectivity index (χ3v) is 2.67. The van der Waals surface area contributed by atoms with Crippen LogP contribution in [0.1, 0.15) is 6.42 Å². The monoisotopic (exact) mass is 253 g/mol. The summed E-state index contributed by atoms with van der Waals surface area (Å²) in [6, 6.07) is 0. The molecule has 0 radical (unpaired) electrons. The van der Waals surface area contributed by atoms with Gasteiger partial charge in [0, 0.05) is 26.2 Å². The lowest BCUT2D eigenvalue weighted by atomic mass is 10.3. The Bertz CT molecular complexity index is 258. The molecule has 1 amide bonds. The Morgan fingerprint density at radius 3 is 2.53 bits per heavy atom. The van der Waals surface area contributed by atoms with Crippen LogP contribution in [0.15, 0.2) is 0 Å². The Morgan fingerprint density at radius 2 is 1.94 bits per heavy atom. The van der Waals surface area contributed by atoms with E-state index in [1.54, 1.807) is 11.9 Å². The van der Waals surface area contributed by atoms with Crippen LogP contribution in [0.5, 0.6) is 0 Å². The van der Waals surface area contributed by atoms with Crippen molar-refractivity contribution in [2.75, 3.05) is 46.3 Å². The Hall–Kier alpha value is -0.820. The molecule has 1 saturated heterocycles. The molecule has 0 atom stereocenters. The zero-order valence-corrected chi connectivity index (χ0v) is 9.89. The maximum absolute atomic E-state index is 12.2. The molecule has 1 fully saturated rings. The molecule has 1 N–H and O–H groups in total. The van der Waals surface area contributed by atoms with Gasteiger partial charge in [-0.05, 0) is 13.5 Å². The first-order valence-corrected chi connectivity index (χ1v) is 5.64.